The molecule has 2 nitrogen and oxygen atoms in total. The fourth-order valence-electron chi connectivity index (χ4n) is 4.10. The van der Waals surface area contributed by atoms with E-state index < -0.39 is 0 Å². The lowest BCUT2D eigenvalue weighted by Gasteiger charge is -2.05. The van der Waals surface area contributed by atoms with Gasteiger partial charge in [0.15, 0.2) is 0 Å². The van der Waals surface area contributed by atoms with Crippen molar-refractivity contribution >= 4 is 21.8 Å². The summed E-state index contributed by atoms with van der Waals surface area (Å²) in [7, 11) is 0. The minimum absolute atomic E-state index is 0.862. The van der Waals surface area contributed by atoms with Gasteiger partial charge in [0.1, 0.15) is 5.75 Å². The number of H-pyrrole nitrogens is 1. The second-order valence-corrected chi connectivity index (χ2v) is 8.56. The van der Waals surface area contributed by atoms with Crippen molar-refractivity contribution in [2.24, 2.45) is 0 Å². The van der Waals surface area contributed by atoms with Crippen LogP contribution in [0.15, 0.2) is 78.9 Å². The maximum atomic E-state index is 5.68. The lowest BCUT2D eigenvalue weighted by molar-refractivity contribution is 0.304. The number of benzene rings is 3. The molecule has 1 heterocycles. The normalized spacial score (nSPS) is 10.8. The summed E-state index contributed by atoms with van der Waals surface area (Å²) in [4.78, 5) is 3.38. The van der Waals surface area contributed by atoms with Gasteiger partial charge in [-0.25, -0.2) is 0 Å². The summed E-state index contributed by atoms with van der Waals surface area (Å²) in [5.74, 6) is 0.999. The molecule has 4 rings (SSSR count). The Morgan fingerprint density at radius 1 is 0.531 bits per heavy atom. The lowest BCUT2D eigenvalue weighted by Crippen LogP contribution is -1.96. The van der Waals surface area contributed by atoms with E-state index >= 15 is 0 Å². The molecular weight excluding hydrogens is 390 g/mol. The van der Waals surface area contributed by atoms with Crippen LogP contribution in [0.3, 0.4) is 0 Å². The second-order valence-electron chi connectivity index (χ2n) is 8.56. The molecule has 3 aromatic carbocycles. The highest BCUT2D eigenvalue weighted by atomic mass is 16.5. The van der Waals surface area contributed by atoms with Crippen LogP contribution in [0.2, 0.25) is 0 Å². The van der Waals surface area contributed by atoms with Crippen molar-refractivity contribution in [1.82, 2.24) is 4.98 Å². The first kappa shape index (κ1) is 23.9. The predicted molar refractivity (Wildman–Crippen MR) is 140 cm³/mol. The molecule has 0 fully saturated rings. The highest BCUT2D eigenvalue weighted by molar-refractivity contribution is 6.06. The molecule has 0 aliphatic heterocycles. The largest absolute Gasteiger partial charge is 0.494 e. The molecule has 0 radical (unpaired) electrons. The van der Waals surface area contributed by atoms with E-state index in [1.165, 1.54) is 86.0 Å². The Hall–Kier alpha value is -2.74. The number of fused-ring (bicyclic) bond motifs is 3. The topological polar surface area (TPSA) is 25.0 Å². The number of aromatic amines is 1. The molecule has 1 N–H and O–H groups in total. The van der Waals surface area contributed by atoms with E-state index in [2.05, 4.69) is 60.4 Å². The van der Waals surface area contributed by atoms with Gasteiger partial charge >= 0.3 is 0 Å². The Labute approximate surface area is 194 Å². The molecule has 2 heteroatoms. The minimum Gasteiger partial charge on any atom is -0.494 e. The third kappa shape index (κ3) is 8.07. The van der Waals surface area contributed by atoms with Crippen molar-refractivity contribution in [3.63, 3.8) is 0 Å². The van der Waals surface area contributed by atoms with Gasteiger partial charge in [-0.2, -0.15) is 0 Å². The third-order valence-corrected chi connectivity index (χ3v) is 5.92. The predicted octanol–water partition coefficient (Wildman–Crippen LogP) is 9.31. The average Bonchev–Trinajstić information content (AvgIpc) is 3.22. The molecule has 170 valence electrons. The molecule has 4 aromatic rings. The van der Waals surface area contributed by atoms with E-state index in [1.807, 2.05) is 30.3 Å². The number of ether oxygens (including phenoxy) is 1. The first-order valence-electron chi connectivity index (χ1n) is 12.5. The number of unbranched alkanes of at least 4 members (excludes halogenated alkanes) is 9. The SMILES string of the molecule is CCCCCCCCCCCCOc1ccccc1.c1ccc2c(c1)[nH]c1ccccc12. The molecule has 0 aliphatic rings. The van der Waals surface area contributed by atoms with Gasteiger partial charge in [-0.15, -0.1) is 0 Å². The number of para-hydroxylation sites is 3. The summed E-state index contributed by atoms with van der Waals surface area (Å²) in [6.45, 7) is 3.14. The van der Waals surface area contributed by atoms with E-state index in [4.69, 9.17) is 4.74 Å². The van der Waals surface area contributed by atoms with Gasteiger partial charge in [0, 0.05) is 21.8 Å². The zero-order chi connectivity index (χ0) is 22.3. The summed E-state index contributed by atoms with van der Waals surface area (Å²) in [6.07, 6.45) is 13.7. The molecule has 0 atom stereocenters. The molecule has 0 amide bonds. The van der Waals surface area contributed by atoms with Crippen LogP contribution >= 0.6 is 0 Å². The van der Waals surface area contributed by atoms with Gasteiger partial charge in [0.05, 0.1) is 6.61 Å². The molecule has 32 heavy (non-hydrogen) atoms. The first-order chi connectivity index (χ1) is 15.9. The maximum absolute atomic E-state index is 5.68. The number of hydrogen-bond acceptors (Lipinski definition) is 1. The van der Waals surface area contributed by atoms with Gasteiger partial charge in [0.2, 0.25) is 0 Å². The average molecular weight is 430 g/mol. The quantitative estimate of drug-likeness (QED) is 0.223. The zero-order valence-electron chi connectivity index (χ0n) is 19.7. The highest BCUT2D eigenvalue weighted by Gasteiger charge is 2.00. The fourth-order valence-corrected chi connectivity index (χ4v) is 4.10. The standard InChI is InChI=1S/C18H30O.C12H9N/c1-2-3-4-5-6-7-8-9-10-14-17-19-18-15-12-11-13-16-18;1-3-7-11-9(5-1)10-6-2-4-8-12(10)13-11/h11-13,15-16H,2-10,14,17H2,1H3;1-8,13H. The maximum Gasteiger partial charge on any atom is 0.119 e. The van der Waals surface area contributed by atoms with Gasteiger partial charge < -0.3 is 9.72 Å². The van der Waals surface area contributed by atoms with Gasteiger partial charge in [-0.05, 0) is 30.7 Å². The number of nitrogens with one attached hydrogen (secondary N) is 1. The summed E-state index contributed by atoms with van der Waals surface area (Å²) >= 11 is 0. The van der Waals surface area contributed by atoms with Crippen molar-refractivity contribution in [3.8, 4) is 5.75 Å². The van der Waals surface area contributed by atoms with Crippen LogP contribution in [0.4, 0.5) is 0 Å². The number of rotatable bonds is 12. The molecule has 0 bridgehead atoms. The van der Waals surface area contributed by atoms with E-state index in [0.717, 1.165) is 12.4 Å². The molecule has 0 aliphatic carbocycles. The molecule has 0 spiro atoms. The van der Waals surface area contributed by atoms with Crippen LogP contribution in [0.1, 0.15) is 71.1 Å². The fraction of sp³-hybridized carbons (Fsp3) is 0.400. The molecule has 0 saturated carbocycles. The summed E-state index contributed by atoms with van der Waals surface area (Å²) in [6, 6.07) is 26.9. The van der Waals surface area contributed by atoms with E-state index in [-0.39, 0.29) is 0 Å². The van der Waals surface area contributed by atoms with Crippen LogP contribution in [-0.2, 0) is 0 Å². The Morgan fingerprint density at radius 3 is 1.56 bits per heavy atom. The summed E-state index contributed by atoms with van der Waals surface area (Å²) in [5, 5.41) is 2.61. The van der Waals surface area contributed by atoms with Crippen LogP contribution in [0.5, 0.6) is 5.75 Å². The van der Waals surface area contributed by atoms with Gasteiger partial charge in [-0.3, -0.25) is 0 Å². The zero-order valence-corrected chi connectivity index (χ0v) is 19.7. The summed E-state index contributed by atoms with van der Waals surface area (Å²) in [5.41, 5.74) is 2.42. The van der Waals surface area contributed by atoms with E-state index in [1.54, 1.807) is 0 Å². The first-order valence-corrected chi connectivity index (χ1v) is 12.5. The summed E-state index contributed by atoms with van der Waals surface area (Å²) < 4.78 is 5.68. The monoisotopic (exact) mass is 429 g/mol. The Balaban J connectivity index is 0.000000191. The van der Waals surface area contributed by atoms with Gasteiger partial charge in [-0.1, -0.05) is 119 Å². The van der Waals surface area contributed by atoms with Crippen LogP contribution in [-0.4, -0.2) is 11.6 Å². The Bertz CT molecular complexity index is 955. The number of hydrogen-bond donors (Lipinski definition) is 1. The van der Waals surface area contributed by atoms with Gasteiger partial charge in [0.25, 0.3) is 0 Å². The molecular formula is C30H39NO. The van der Waals surface area contributed by atoms with E-state index in [9.17, 15) is 0 Å². The van der Waals surface area contributed by atoms with Crippen LogP contribution in [0, 0.1) is 0 Å². The van der Waals surface area contributed by atoms with Crippen molar-refractivity contribution in [2.45, 2.75) is 71.1 Å². The minimum atomic E-state index is 0.862. The van der Waals surface area contributed by atoms with Crippen molar-refractivity contribution in [1.29, 1.82) is 0 Å². The number of aromatic nitrogens is 1. The third-order valence-electron chi connectivity index (χ3n) is 5.92. The van der Waals surface area contributed by atoms with Crippen LogP contribution in [0.25, 0.3) is 21.8 Å². The molecule has 1 aromatic heterocycles. The second kappa shape index (κ2) is 14.3. The smallest absolute Gasteiger partial charge is 0.119 e. The molecule has 0 saturated heterocycles. The Kier molecular flexibility index (Phi) is 10.7. The molecule has 0 unspecified atom stereocenters. The van der Waals surface area contributed by atoms with Crippen molar-refractivity contribution in [3.05, 3.63) is 78.9 Å². The van der Waals surface area contributed by atoms with Crippen molar-refractivity contribution < 1.29 is 4.74 Å². The van der Waals surface area contributed by atoms with E-state index in [0.29, 0.717) is 0 Å². The van der Waals surface area contributed by atoms with Crippen LogP contribution < -0.4 is 4.74 Å². The van der Waals surface area contributed by atoms with Crippen molar-refractivity contribution in [2.75, 3.05) is 6.61 Å². The highest BCUT2D eigenvalue weighted by Crippen LogP contribution is 2.24. The Morgan fingerprint density at radius 2 is 1.00 bits per heavy atom. The lowest BCUT2D eigenvalue weighted by atomic mass is 10.1.